The minimum Gasteiger partial charge on any atom is -0.347 e. The molecule has 2 heterocycles. The van der Waals surface area contributed by atoms with Gasteiger partial charge in [-0.05, 0) is 36.1 Å². The van der Waals surface area contributed by atoms with E-state index >= 15 is 0 Å². The van der Waals surface area contributed by atoms with Crippen LogP contribution in [0.2, 0.25) is 0 Å². The maximum absolute atomic E-state index is 13.4. The standard InChI is InChI=1S/C23H25N5O/c1-27(2)22-25-15-19(17-9-13-24-14-10-17)20(26-22)16-28(3)21(29)23(11-12-23)18-7-5-4-6-8-18/h4-10,13-15H,11-12,16H2,1-3H3. The summed E-state index contributed by atoms with van der Waals surface area (Å²) in [4.78, 5) is 30.3. The number of benzene rings is 1. The van der Waals surface area contributed by atoms with Gasteiger partial charge in [0.2, 0.25) is 11.9 Å². The van der Waals surface area contributed by atoms with Crippen LogP contribution in [0, 0.1) is 0 Å². The first-order chi connectivity index (χ1) is 14.0. The molecule has 0 aliphatic heterocycles. The Morgan fingerprint density at radius 1 is 1.03 bits per heavy atom. The van der Waals surface area contributed by atoms with Crippen molar-refractivity contribution in [3.8, 4) is 11.1 Å². The molecule has 4 rings (SSSR count). The number of aromatic nitrogens is 3. The molecule has 0 unspecified atom stereocenters. The number of carbonyl (C=O) groups excluding carboxylic acids is 1. The number of rotatable bonds is 6. The summed E-state index contributed by atoms with van der Waals surface area (Å²) in [6.45, 7) is 0.425. The first-order valence-corrected chi connectivity index (χ1v) is 9.76. The Morgan fingerprint density at radius 3 is 2.34 bits per heavy atom. The summed E-state index contributed by atoms with van der Waals surface area (Å²) in [5.74, 6) is 0.775. The Bertz CT molecular complexity index is 1000. The molecule has 1 aromatic carbocycles. The summed E-state index contributed by atoms with van der Waals surface area (Å²) < 4.78 is 0. The van der Waals surface area contributed by atoms with Crippen molar-refractivity contribution >= 4 is 11.9 Å². The number of likely N-dealkylation sites (N-methyl/N-ethyl adjacent to an activating group) is 1. The fraction of sp³-hybridized carbons (Fsp3) is 0.304. The number of nitrogens with zero attached hydrogens (tertiary/aromatic N) is 5. The molecule has 6 heteroatoms. The van der Waals surface area contributed by atoms with Crippen LogP contribution in [-0.2, 0) is 16.8 Å². The Labute approximate surface area is 171 Å². The van der Waals surface area contributed by atoms with Crippen molar-refractivity contribution in [2.45, 2.75) is 24.8 Å². The normalized spacial score (nSPS) is 14.3. The van der Waals surface area contributed by atoms with Crippen LogP contribution >= 0.6 is 0 Å². The molecule has 29 heavy (non-hydrogen) atoms. The SMILES string of the molecule is CN(Cc1nc(N(C)C)ncc1-c1ccncc1)C(=O)C1(c2ccccc2)CC1. The molecule has 0 saturated heterocycles. The van der Waals surface area contributed by atoms with Gasteiger partial charge >= 0.3 is 0 Å². The lowest BCUT2D eigenvalue weighted by Crippen LogP contribution is -2.36. The Balaban J connectivity index is 1.64. The van der Waals surface area contributed by atoms with Crippen LogP contribution in [0.5, 0.6) is 0 Å². The van der Waals surface area contributed by atoms with E-state index in [0.717, 1.165) is 35.2 Å². The highest BCUT2D eigenvalue weighted by Gasteiger charge is 2.52. The summed E-state index contributed by atoms with van der Waals surface area (Å²) >= 11 is 0. The van der Waals surface area contributed by atoms with Crippen molar-refractivity contribution in [3.05, 3.63) is 72.3 Å². The number of pyridine rings is 1. The van der Waals surface area contributed by atoms with E-state index < -0.39 is 0 Å². The van der Waals surface area contributed by atoms with Gasteiger partial charge in [-0.1, -0.05) is 30.3 Å². The highest BCUT2D eigenvalue weighted by Crippen LogP contribution is 2.49. The number of anilines is 1. The van der Waals surface area contributed by atoms with E-state index in [1.165, 1.54) is 0 Å². The zero-order valence-corrected chi connectivity index (χ0v) is 17.0. The van der Waals surface area contributed by atoms with E-state index in [9.17, 15) is 4.79 Å². The number of carbonyl (C=O) groups is 1. The molecule has 0 spiro atoms. The highest BCUT2D eigenvalue weighted by molar-refractivity contribution is 5.91. The Hall–Kier alpha value is -3.28. The van der Waals surface area contributed by atoms with Gasteiger partial charge in [0.25, 0.3) is 0 Å². The summed E-state index contributed by atoms with van der Waals surface area (Å²) in [7, 11) is 5.68. The minimum absolute atomic E-state index is 0.148. The predicted octanol–water partition coefficient (Wildman–Crippen LogP) is 3.29. The molecule has 0 N–H and O–H groups in total. The summed E-state index contributed by atoms with van der Waals surface area (Å²) in [5, 5.41) is 0. The lowest BCUT2D eigenvalue weighted by atomic mass is 9.94. The molecule has 1 fully saturated rings. The first kappa shape index (κ1) is 19.1. The summed E-state index contributed by atoms with van der Waals surface area (Å²) in [5.41, 5.74) is 3.45. The zero-order chi connectivity index (χ0) is 20.4. The Kier molecular flexibility index (Phi) is 5.01. The monoisotopic (exact) mass is 387 g/mol. The number of amides is 1. The molecule has 1 aliphatic rings. The average Bonchev–Trinajstić information content (AvgIpc) is 3.56. The van der Waals surface area contributed by atoms with Crippen molar-refractivity contribution in [2.75, 3.05) is 26.0 Å². The molecule has 2 aromatic heterocycles. The third kappa shape index (κ3) is 3.70. The second kappa shape index (κ2) is 7.62. The maximum atomic E-state index is 13.4. The third-order valence-corrected chi connectivity index (χ3v) is 5.47. The van der Waals surface area contributed by atoms with E-state index in [-0.39, 0.29) is 11.3 Å². The van der Waals surface area contributed by atoms with Crippen LogP contribution in [0.1, 0.15) is 24.1 Å². The van der Waals surface area contributed by atoms with Gasteiger partial charge in [0.15, 0.2) is 0 Å². The van der Waals surface area contributed by atoms with E-state index in [4.69, 9.17) is 4.98 Å². The molecule has 3 aromatic rings. The van der Waals surface area contributed by atoms with Crippen LogP contribution in [0.3, 0.4) is 0 Å². The molecule has 0 radical (unpaired) electrons. The zero-order valence-electron chi connectivity index (χ0n) is 17.0. The van der Waals surface area contributed by atoms with Gasteiger partial charge in [-0.25, -0.2) is 9.97 Å². The smallest absolute Gasteiger partial charge is 0.233 e. The quantitative estimate of drug-likeness (QED) is 0.649. The van der Waals surface area contributed by atoms with Gasteiger partial charge in [-0.2, -0.15) is 0 Å². The average molecular weight is 387 g/mol. The molecule has 0 bridgehead atoms. The fourth-order valence-corrected chi connectivity index (χ4v) is 3.69. The molecule has 6 nitrogen and oxygen atoms in total. The first-order valence-electron chi connectivity index (χ1n) is 9.76. The largest absolute Gasteiger partial charge is 0.347 e. The second-order valence-electron chi connectivity index (χ2n) is 7.77. The van der Waals surface area contributed by atoms with Crippen LogP contribution < -0.4 is 4.90 Å². The van der Waals surface area contributed by atoms with Crippen LogP contribution in [-0.4, -0.2) is 46.9 Å². The Morgan fingerprint density at radius 2 is 1.72 bits per heavy atom. The molecular formula is C23H25N5O. The van der Waals surface area contributed by atoms with Gasteiger partial charge in [-0.15, -0.1) is 0 Å². The fourth-order valence-electron chi connectivity index (χ4n) is 3.69. The van der Waals surface area contributed by atoms with Crippen LogP contribution in [0.25, 0.3) is 11.1 Å². The van der Waals surface area contributed by atoms with Crippen molar-refractivity contribution in [1.29, 1.82) is 0 Å². The van der Waals surface area contributed by atoms with Crippen LogP contribution in [0.15, 0.2) is 61.1 Å². The summed E-state index contributed by atoms with van der Waals surface area (Å²) in [6.07, 6.45) is 7.12. The van der Waals surface area contributed by atoms with Gasteiger partial charge < -0.3 is 9.80 Å². The summed E-state index contributed by atoms with van der Waals surface area (Å²) in [6, 6.07) is 14.0. The molecule has 1 amide bonds. The van der Waals surface area contributed by atoms with E-state index in [1.807, 2.05) is 62.6 Å². The highest BCUT2D eigenvalue weighted by atomic mass is 16.2. The molecule has 148 valence electrons. The molecular weight excluding hydrogens is 362 g/mol. The second-order valence-corrected chi connectivity index (χ2v) is 7.77. The number of hydrogen-bond acceptors (Lipinski definition) is 5. The van der Waals surface area contributed by atoms with Gasteiger partial charge in [0, 0.05) is 45.3 Å². The topological polar surface area (TPSA) is 62.2 Å². The maximum Gasteiger partial charge on any atom is 0.233 e. The molecule has 0 atom stereocenters. The van der Waals surface area contributed by atoms with Crippen molar-refractivity contribution < 1.29 is 4.79 Å². The van der Waals surface area contributed by atoms with Gasteiger partial charge in [0.1, 0.15) is 0 Å². The van der Waals surface area contributed by atoms with E-state index in [2.05, 4.69) is 22.1 Å². The molecule has 1 saturated carbocycles. The van der Waals surface area contributed by atoms with Gasteiger partial charge in [-0.3, -0.25) is 9.78 Å². The van der Waals surface area contributed by atoms with E-state index in [1.54, 1.807) is 17.3 Å². The van der Waals surface area contributed by atoms with Crippen molar-refractivity contribution in [1.82, 2.24) is 19.9 Å². The lowest BCUT2D eigenvalue weighted by molar-refractivity contribution is -0.133. The lowest BCUT2D eigenvalue weighted by Gasteiger charge is -2.25. The predicted molar refractivity (Wildman–Crippen MR) is 113 cm³/mol. The van der Waals surface area contributed by atoms with Gasteiger partial charge in [0.05, 0.1) is 17.7 Å². The molecule has 1 aliphatic carbocycles. The van der Waals surface area contributed by atoms with E-state index in [0.29, 0.717) is 12.5 Å². The third-order valence-electron chi connectivity index (χ3n) is 5.47. The van der Waals surface area contributed by atoms with Crippen molar-refractivity contribution in [2.24, 2.45) is 0 Å². The minimum atomic E-state index is -0.385. The van der Waals surface area contributed by atoms with Crippen molar-refractivity contribution in [3.63, 3.8) is 0 Å². The number of hydrogen-bond donors (Lipinski definition) is 0. The van der Waals surface area contributed by atoms with Crippen LogP contribution in [0.4, 0.5) is 5.95 Å².